The molecule has 0 aliphatic heterocycles. The number of hydrogen-bond donors (Lipinski definition) is 1. The Labute approximate surface area is 112 Å². The predicted octanol–water partition coefficient (Wildman–Crippen LogP) is 4.05. The number of aryl methyl sites for hydroxylation is 1. The molecule has 0 radical (unpaired) electrons. The highest BCUT2D eigenvalue weighted by Crippen LogP contribution is 2.46. The topological polar surface area (TPSA) is 12.0 Å². The molecule has 0 heterocycles. The summed E-state index contributed by atoms with van der Waals surface area (Å²) in [4.78, 5) is 0. The quantitative estimate of drug-likeness (QED) is 0.844. The lowest BCUT2D eigenvalue weighted by atomic mass is 9.71. The molecule has 18 heavy (non-hydrogen) atoms. The van der Waals surface area contributed by atoms with E-state index in [2.05, 4.69) is 57.3 Å². The molecular weight excluding hydrogens is 218 g/mol. The average molecular weight is 245 g/mol. The predicted molar refractivity (Wildman–Crippen MR) is 79.0 cm³/mol. The zero-order chi connectivity index (χ0) is 13.2. The molecule has 100 valence electrons. The first kappa shape index (κ1) is 13.6. The van der Waals surface area contributed by atoms with Gasteiger partial charge in [-0.25, -0.2) is 0 Å². The Bertz CT molecular complexity index is 396. The van der Waals surface area contributed by atoms with Crippen LogP contribution in [0.3, 0.4) is 0 Å². The van der Waals surface area contributed by atoms with E-state index in [0.717, 1.165) is 12.5 Å². The van der Waals surface area contributed by atoms with Crippen LogP contribution in [0.2, 0.25) is 0 Å². The van der Waals surface area contributed by atoms with Crippen LogP contribution in [-0.4, -0.2) is 12.6 Å². The number of nitrogens with one attached hydrogen (secondary N) is 1. The molecule has 0 saturated heterocycles. The molecule has 2 atom stereocenters. The fraction of sp³-hybridized carbons (Fsp3) is 0.647. The van der Waals surface area contributed by atoms with Gasteiger partial charge in [0.15, 0.2) is 0 Å². The maximum Gasteiger partial charge on any atom is 0.0106 e. The van der Waals surface area contributed by atoms with E-state index >= 15 is 0 Å². The minimum absolute atomic E-state index is 0.357. The standard InChI is InChI=1S/C17H27N/c1-13(2)18-12-17(11-7-9-15(17)4)16-10-6-5-8-14(16)3/h5-6,8,10,13,15,18H,7,9,11-12H2,1-4H3. The molecule has 1 saturated carbocycles. The van der Waals surface area contributed by atoms with Crippen molar-refractivity contribution < 1.29 is 0 Å². The number of hydrogen-bond acceptors (Lipinski definition) is 1. The van der Waals surface area contributed by atoms with Gasteiger partial charge in [-0.2, -0.15) is 0 Å². The molecule has 1 fully saturated rings. The van der Waals surface area contributed by atoms with Crippen molar-refractivity contribution in [2.75, 3.05) is 6.54 Å². The van der Waals surface area contributed by atoms with Crippen LogP contribution in [0.1, 0.15) is 51.2 Å². The van der Waals surface area contributed by atoms with Crippen molar-refractivity contribution in [3.05, 3.63) is 35.4 Å². The van der Waals surface area contributed by atoms with Crippen molar-refractivity contribution in [2.45, 2.75) is 58.4 Å². The van der Waals surface area contributed by atoms with Gasteiger partial charge in [-0.05, 0) is 36.8 Å². The summed E-state index contributed by atoms with van der Waals surface area (Å²) in [5.41, 5.74) is 3.38. The molecular formula is C17H27N. The molecule has 1 aromatic carbocycles. The van der Waals surface area contributed by atoms with E-state index in [1.807, 2.05) is 0 Å². The summed E-state index contributed by atoms with van der Waals surface area (Å²) in [5.74, 6) is 0.782. The van der Waals surface area contributed by atoms with E-state index < -0.39 is 0 Å². The van der Waals surface area contributed by atoms with E-state index in [4.69, 9.17) is 0 Å². The van der Waals surface area contributed by atoms with E-state index in [1.54, 1.807) is 5.56 Å². The van der Waals surface area contributed by atoms with Crippen LogP contribution in [0.5, 0.6) is 0 Å². The van der Waals surface area contributed by atoms with Crippen LogP contribution in [0.25, 0.3) is 0 Å². The average Bonchev–Trinajstić information content (AvgIpc) is 2.70. The molecule has 1 nitrogen and oxygen atoms in total. The van der Waals surface area contributed by atoms with Crippen LogP contribution < -0.4 is 5.32 Å². The molecule has 2 unspecified atom stereocenters. The van der Waals surface area contributed by atoms with Crippen molar-refractivity contribution in [1.29, 1.82) is 0 Å². The molecule has 1 aliphatic rings. The Balaban J connectivity index is 2.33. The summed E-state index contributed by atoms with van der Waals surface area (Å²) < 4.78 is 0. The zero-order valence-electron chi connectivity index (χ0n) is 12.3. The van der Waals surface area contributed by atoms with Crippen LogP contribution in [0.4, 0.5) is 0 Å². The van der Waals surface area contributed by atoms with Crippen LogP contribution in [-0.2, 0) is 5.41 Å². The van der Waals surface area contributed by atoms with Gasteiger partial charge in [-0.1, -0.05) is 51.5 Å². The third-order valence-corrected chi connectivity index (χ3v) is 4.71. The first-order chi connectivity index (χ1) is 8.56. The second-order valence-electron chi connectivity index (χ2n) is 6.30. The number of benzene rings is 1. The van der Waals surface area contributed by atoms with E-state index in [9.17, 15) is 0 Å². The van der Waals surface area contributed by atoms with Crippen LogP contribution >= 0.6 is 0 Å². The van der Waals surface area contributed by atoms with Gasteiger partial charge in [0.1, 0.15) is 0 Å². The smallest absolute Gasteiger partial charge is 0.0106 e. The fourth-order valence-electron chi connectivity index (χ4n) is 3.52. The molecule has 1 aromatic rings. The summed E-state index contributed by atoms with van der Waals surface area (Å²) in [6.45, 7) is 10.3. The maximum atomic E-state index is 3.68. The van der Waals surface area contributed by atoms with Gasteiger partial charge in [-0.15, -0.1) is 0 Å². The Kier molecular flexibility index (Phi) is 4.11. The van der Waals surface area contributed by atoms with E-state index in [0.29, 0.717) is 11.5 Å². The first-order valence-electron chi connectivity index (χ1n) is 7.36. The molecule has 1 aliphatic carbocycles. The summed E-state index contributed by atoms with van der Waals surface area (Å²) in [6, 6.07) is 9.53. The van der Waals surface area contributed by atoms with Crippen molar-refractivity contribution in [1.82, 2.24) is 5.32 Å². The van der Waals surface area contributed by atoms with Gasteiger partial charge in [0.2, 0.25) is 0 Å². The van der Waals surface area contributed by atoms with Gasteiger partial charge in [0, 0.05) is 18.0 Å². The van der Waals surface area contributed by atoms with Crippen LogP contribution in [0, 0.1) is 12.8 Å². The Morgan fingerprint density at radius 1 is 1.33 bits per heavy atom. The lowest BCUT2D eigenvalue weighted by Crippen LogP contribution is -2.43. The summed E-state index contributed by atoms with van der Waals surface area (Å²) in [5, 5.41) is 3.68. The maximum absolute atomic E-state index is 3.68. The van der Waals surface area contributed by atoms with Gasteiger partial charge < -0.3 is 5.32 Å². The largest absolute Gasteiger partial charge is 0.314 e. The summed E-state index contributed by atoms with van der Waals surface area (Å²) >= 11 is 0. The zero-order valence-corrected chi connectivity index (χ0v) is 12.3. The van der Waals surface area contributed by atoms with Crippen LogP contribution in [0.15, 0.2) is 24.3 Å². The molecule has 0 aromatic heterocycles. The molecule has 0 bridgehead atoms. The minimum atomic E-state index is 0.357. The van der Waals surface area contributed by atoms with Crippen molar-refractivity contribution >= 4 is 0 Å². The fourth-order valence-corrected chi connectivity index (χ4v) is 3.52. The minimum Gasteiger partial charge on any atom is -0.314 e. The first-order valence-corrected chi connectivity index (χ1v) is 7.36. The second kappa shape index (κ2) is 5.44. The molecule has 1 heteroatoms. The lowest BCUT2D eigenvalue weighted by molar-refractivity contribution is 0.307. The number of rotatable bonds is 4. The monoisotopic (exact) mass is 245 g/mol. The third kappa shape index (κ3) is 2.47. The second-order valence-corrected chi connectivity index (χ2v) is 6.30. The summed E-state index contributed by atoms with van der Waals surface area (Å²) in [6.07, 6.45) is 4.07. The highest BCUT2D eigenvalue weighted by atomic mass is 14.9. The molecule has 0 spiro atoms. The van der Waals surface area contributed by atoms with Gasteiger partial charge >= 0.3 is 0 Å². The third-order valence-electron chi connectivity index (χ3n) is 4.71. The lowest BCUT2D eigenvalue weighted by Gasteiger charge is -2.37. The highest BCUT2D eigenvalue weighted by molar-refractivity contribution is 5.35. The molecule has 2 rings (SSSR count). The van der Waals surface area contributed by atoms with Gasteiger partial charge in [0.05, 0.1) is 0 Å². The van der Waals surface area contributed by atoms with Crippen molar-refractivity contribution in [3.8, 4) is 0 Å². The summed E-state index contributed by atoms with van der Waals surface area (Å²) in [7, 11) is 0. The Morgan fingerprint density at radius 3 is 2.61 bits per heavy atom. The SMILES string of the molecule is Cc1ccccc1C1(CNC(C)C)CCCC1C. The highest BCUT2D eigenvalue weighted by Gasteiger charge is 2.42. The Morgan fingerprint density at radius 2 is 2.06 bits per heavy atom. The van der Waals surface area contributed by atoms with Gasteiger partial charge in [0.25, 0.3) is 0 Å². The van der Waals surface area contributed by atoms with E-state index in [1.165, 1.54) is 24.8 Å². The van der Waals surface area contributed by atoms with Gasteiger partial charge in [-0.3, -0.25) is 0 Å². The molecule has 0 amide bonds. The molecule has 1 N–H and O–H groups in total. The van der Waals surface area contributed by atoms with Crippen molar-refractivity contribution in [3.63, 3.8) is 0 Å². The normalized spacial score (nSPS) is 27.9. The Hall–Kier alpha value is -0.820. The van der Waals surface area contributed by atoms with E-state index in [-0.39, 0.29) is 0 Å². The van der Waals surface area contributed by atoms with Crippen molar-refractivity contribution in [2.24, 2.45) is 5.92 Å².